The molecule has 0 spiro atoms. The second kappa shape index (κ2) is 8.61. The lowest BCUT2D eigenvalue weighted by Crippen LogP contribution is -2.38. The molecule has 1 atom stereocenters. The van der Waals surface area contributed by atoms with Crippen LogP contribution in [0.3, 0.4) is 0 Å². The van der Waals surface area contributed by atoms with E-state index in [0.29, 0.717) is 28.6 Å². The molecule has 3 N–H and O–H groups in total. The molecule has 0 saturated carbocycles. The molecule has 3 aromatic rings. The average molecular weight is 435 g/mol. The average Bonchev–Trinajstić information content (AvgIpc) is 2.79. The maximum Gasteiger partial charge on any atom is 0.191 e. The number of hydrogen-bond donors (Lipinski definition) is 3. The van der Waals surface area contributed by atoms with Crippen LogP contribution in [0.2, 0.25) is 0 Å². The van der Waals surface area contributed by atoms with Crippen molar-refractivity contribution in [3.05, 3.63) is 78.1 Å². The number of hydrazone groups is 1. The molecule has 8 heteroatoms. The minimum absolute atomic E-state index is 0.138. The van der Waals surface area contributed by atoms with Crippen LogP contribution in [0.1, 0.15) is 24.5 Å². The lowest BCUT2D eigenvalue weighted by molar-refractivity contribution is 0.0882. The number of nitrogens with zero attached hydrogens (tertiary/aromatic N) is 2. The number of ether oxygens (including phenoxy) is 2. The number of nitrogens with one attached hydrogen (secondary N) is 2. The molecule has 0 fully saturated rings. The van der Waals surface area contributed by atoms with Crippen LogP contribution in [0, 0.1) is 0 Å². The summed E-state index contributed by atoms with van der Waals surface area (Å²) in [7, 11) is 1.62. The molecular weight excluding hydrogens is 412 g/mol. The molecular formula is C23H22N4O3S. The number of anilines is 1. The van der Waals surface area contributed by atoms with Crippen LogP contribution < -0.4 is 20.2 Å². The van der Waals surface area contributed by atoms with E-state index in [9.17, 15) is 5.11 Å². The summed E-state index contributed by atoms with van der Waals surface area (Å²) in [5, 5.41) is 18.0. The minimum atomic E-state index is -0.663. The summed E-state index contributed by atoms with van der Waals surface area (Å²) in [5.74, 6) is 1.53. The molecule has 0 radical (unpaired) electrons. The van der Waals surface area contributed by atoms with Gasteiger partial charge >= 0.3 is 0 Å². The van der Waals surface area contributed by atoms with Gasteiger partial charge in [0.1, 0.15) is 22.8 Å². The number of hydrogen-bond acceptors (Lipinski definition) is 6. The highest BCUT2D eigenvalue weighted by Crippen LogP contribution is 2.40. The fraction of sp³-hybridized carbons (Fsp3) is 0.174. The van der Waals surface area contributed by atoms with Gasteiger partial charge in [-0.25, -0.2) is 0 Å². The van der Waals surface area contributed by atoms with Gasteiger partial charge in [0.25, 0.3) is 0 Å². The van der Waals surface area contributed by atoms with Gasteiger partial charge in [-0.05, 0) is 67.7 Å². The maximum absolute atomic E-state index is 9.98. The van der Waals surface area contributed by atoms with Crippen molar-refractivity contribution in [3.8, 4) is 17.2 Å². The molecule has 31 heavy (non-hydrogen) atoms. The van der Waals surface area contributed by atoms with E-state index in [1.165, 1.54) is 0 Å². The van der Waals surface area contributed by atoms with E-state index in [4.69, 9.17) is 21.7 Å². The van der Waals surface area contributed by atoms with Crippen LogP contribution in [0.4, 0.5) is 5.69 Å². The Bertz CT molecular complexity index is 1120. The Morgan fingerprint density at radius 3 is 2.74 bits per heavy atom. The highest BCUT2D eigenvalue weighted by atomic mass is 32.1. The molecule has 0 amide bonds. The third-order valence-electron chi connectivity index (χ3n) is 5.03. The molecule has 0 bridgehead atoms. The molecule has 1 aromatic heterocycles. The first-order valence-electron chi connectivity index (χ1n) is 9.67. The number of methoxy groups -OCH3 is 1. The first-order chi connectivity index (χ1) is 15.0. The van der Waals surface area contributed by atoms with Gasteiger partial charge in [-0.1, -0.05) is 6.07 Å². The smallest absolute Gasteiger partial charge is 0.191 e. The zero-order chi connectivity index (χ0) is 21.8. The summed E-state index contributed by atoms with van der Waals surface area (Å²) in [5.41, 5.74) is 5.40. The summed E-state index contributed by atoms with van der Waals surface area (Å²) in [6.07, 6.45) is 3.97. The van der Waals surface area contributed by atoms with Crippen molar-refractivity contribution in [3.63, 3.8) is 0 Å². The van der Waals surface area contributed by atoms with Gasteiger partial charge in [-0.2, -0.15) is 5.10 Å². The predicted octanol–water partition coefficient (Wildman–Crippen LogP) is 4.18. The Balaban J connectivity index is 1.58. The second-order valence-corrected chi connectivity index (χ2v) is 7.69. The van der Waals surface area contributed by atoms with Crippen LogP contribution in [0.5, 0.6) is 17.2 Å². The van der Waals surface area contributed by atoms with Crippen LogP contribution in [-0.4, -0.2) is 28.0 Å². The number of thiocarbonyl (C=S) groups is 1. The monoisotopic (exact) mass is 434 g/mol. The van der Waals surface area contributed by atoms with Crippen LogP contribution in [0.15, 0.2) is 72.1 Å². The molecule has 0 saturated heterocycles. The van der Waals surface area contributed by atoms with Crippen molar-refractivity contribution < 1.29 is 14.6 Å². The summed E-state index contributed by atoms with van der Waals surface area (Å²) in [6, 6.07) is 16.2. The number of benzene rings is 2. The Morgan fingerprint density at radius 2 is 2.03 bits per heavy atom. The molecule has 4 rings (SSSR count). The van der Waals surface area contributed by atoms with Crippen LogP contribution >= 0.6 is 12.2 Å². The molecule has 0 aliphatic carbocycles. The third kappa shape index (κ3) is 4.59. The van der Waals surface area contributed by atoms with Crippen molar-refractivity contribution in [2.75, 3.05) is 12.4 Å². The Morgan fingerprint density at radius 1 is 1.23 bits per heavy atom. The normalized spacial score (nSPS) is 18.6. The zero-order valence-electron chi connectivity index (χ0n) is 17.1. The zero-order valence-corrected chi connectivity index (χ0v) is 17.9. The van der Waals surface area contributed by atoms with Gasteiger partial charge < -0.3 is 19.9 Å². The fourth-order valence-corrected chi connectivity index (χ4v) is 3.58. The highest BCUT2D eigenvalue weighted by Gasteiger charge is 2.37. The van der Waals surface area contributed by atoms with E-state index in [-0.39, 0.29) is 5.75 Å². The number of pyridine rings is 1. The number of phenols is 1. The van der Waals surface area contributed by atoms with Crippen molar-refractivity contribution in [1.29, 1.82) is 0 Å². The topological polar surface area (TPSA) is 88.0 Å². The number of fused-ring (bicyclic) bond motifs is 1. The highest BCUT2D eigenvalue weighted by molar-refractivity contribution is 7.80. The van der Waals surface area contributed by atoms with Gasteiger partial charge in [-0.3, -0.25) is 10.4 Å². The molecule has 2 heterocycles. The van der Waals surface area contributed by atoms with E-state index in [1.54, 1.807) is 37.7 Å². The lowest BCUT2D eigenvalue weighted by atomic mass is 9.86. The largest absolute Gasteiger partial charge is 0.508 e. The van der Waals surface area contributed by atoms with Gasteiger partial charge in [0.2, 0.25) is 0 Å². The van der Waals surface area contributed by atoms with Gasteiger partial charge in [0, 0.05) is 35.6 Å². The van der Waals surface area contributed by atoms with E-state index < -0.39 is 5.60 Å². The Labute approximate surface area is 185 Å². The van der Waals surface area contributed by atoms with E-state index in [0.717, 1.165) is 17.0 Å². The lowest BCUT2D eigenvalue weighted by Gasteiger charge is -2.36. The van der Waals surface area contributed by atoms with Crippen molar-refractivity contribution in [2.24, 2.45) is 5.10 Å². The quantitative estimate of drug-likeness (QED) is 0.419. The van der Waals surface area contributed by atoms with Gasteiger partial charge in [-0.15, -0.1) is 0 Å². The summed E-state index contributed by atoms with van der Waals surface area (Å²) < 4.78 is 11.5. The minimum Gasteiger partial charge on any atom is -0.508 e. The van der Waals surface area contributed by atoms with E-state index in [1.807, 2.05) is 43.3 Å². The summed E-state index contributed by atoms with van der Waals surface area (Å²) >= 11 is 5.39. The van der Waals surface area contributed by atoms with Gasteiger partial charge in [0.15, 0.2) is 5.11 Å². The van der Waals surface area contributed by atoms with Crippen molar-refractivity contribution in [1.82, 2.24) is 10.4 Å². The number of rotatable bonds is 4. The number of phenolic OH excluding ortho intramolecular Hbond substituents is 1. The van der Waals surface area contributed by atoms with Crippen molar-refractivity contribution >= 4 is 28.7 Å². The molecule has 1 aliphatic rings. The molecule has 2 aromatic carbocycles. The summed E-state index contributed by atoms with van der Waals surface area (Å²) in [4.78, 5) is 4.22. The Kier molecular flexibility index (Phi) is 5.73. The fourth-order valence-electron chi connectivity index (χ4n) is 3.41. The molecule has 7 nitrogen and oxygen atoms in total. The predicted molar refractivity (Wildman–Crippen MR) is 124 cm³/mol. The first kappa shape index (κ1) is 20.6. The van der Waals surface area contributed by atoms with Crippen molar-refractivity contribution in [2.45, 2.75) is 18.9 Å². The Hall–Kier alpha value is -3.65. The third-order valence-corrected chi connectivity index (χ3v) is 5.22. The standard InChI is InChI=1S/C23H22N4O3S/c1-23(15-4-3-11-24-14-15)13-20(19-12-17(28)7-10-21(19)30-23)26-27-22(31)25-16-5-8-18(29-2)9-6-16/h3-12,14,28H,13H2,1-2H3,(H2,25,27,31)/b26-20-/t23-/m1/s1. The van der Waals surface area contributed by atoms with Gasteiger partial charge in [0.05, 0.1) is 12.8 Å². The first-order valence-corrected chi connectivity index (χ1v) is 10.1. The molecule has 158 valence electrons. The number of aromatic hydroxyl groups is 1. The second-order valence-electron chi connectivity index (χ2n) is 7.28. The van der Waals surface area contributed by atoms with E-state index >= 15 is 0 Å². The number of aromatic nitrogens is 1. The maximum atomic E-state index is 9.98. The van der Waals surface area contributed by atoms with E-state index in [2.05, 4.69) is 20.8 Å². The molecule has 1 aliphatic heterocycles. The van der Waals surface area contributed by atoms with Crippen LogP contribution in [-0.2, 0) is 5.60 Å². The SMILES string of the molecule is COc1ccc(NC(=S)N/N=C2/C[C@](C)(c3cccnc3)Oc3ccc(O)cc32)cc1. The van der Waals surface area contributed by atoms with Crippen LogP contribution in [0.25, 0.3) is 0 Å². The molecule has 0 unspecified atom stereocenters. The summed E-state index contributed by atoms with van der Waals surface area (Å²) in [6.45, 7) is 1.99.